The molecule has 0 fully saturated rings. The Morgan fingerprint density at radius 1 is 1.04 bits per heavy atom. The van der Waals surface area contributed by atoms with Gasteiger partial charge >= 0.3 is 5.97 Å². The van der Waals surface area contributed by atoms with E-state index in [1.165, 1.54) is 30.3 Å². The van der Waals surface area contributed by atoms with Gasteiger partial charge in [-0.05, 0) is 43.2 Å². The molecule has 0 aliphatic rings. The number of hydrogen-bond donors (Lipinski definition) is 0. The van der Waals surface area contributed by atoms with Crippen molar-refractivity contribution in [3.8, 4) is 0 Å². The van der Waals surface area contributed by atoms with E-state index in [1.54, 1.807) is 13.8 Å². The van der Waals surface area contributed by atoms with Gasteiger partial charge in [0.25, 0.3) is 0 Å². The second-order valence-corrected chi connectivity index (χ2v) is 7.86. The van der Waals surface area contributed by atoms with Gasteiger partial charge in [-0.3, -0.25) is 0 Å². The Balaban J connectivity index is 2.75. The molecule has 0 aliphatic carbocycles. The quantitative estimate of drug-likeness (QED) is 0.546. The molecule has 0 saturated heterocycles. The Labute approximate surface area is 157 Å². The van der Waals surface area contributed by atoms with E-state index in [0.717, 1.165) is 18.4 Å². The highest BCUT2D eigenvalue weighted by molar-refractivity contribution is 7.90. The van der Waals surface area contributed by atoms with Gasteiger partial charge < -0.3 is 4.74 Å². The maximum atomic E-state index is 14.5. The van der Waals surface area contributed by atoms with Crippen LogP contribution in [0.2, 0.25) is 0 Å². The summed E-state index contributed by atoms with van der Waals surface area (Å²) >= 11 is 0. The van der Waals surface area contributed by atoms with Gasteiger partial charge in [0.2, 0.25) is 0 Å². The summed E-state index contributed by atoms with van der Waals surface area (Å²) in [6, 6.07) is 8.82. The van der Waals surface area contributed by atoms with Crippen molar-refractivity contribution < 1.29 is 26.7 Å². The van der Waals surface area contributed by atoms with Gasteiger partial charge in [0.05, 0.1) is 11.5 Å². The number of ether oxygens (including phenoxy) is 1. The predicted molar refractivity (Wildman–Crippen MR) is 98.9 cm³/mol. The lowest BCUT2D eigenvalue weighted by molar-refractivity contribution is -0.138. The van der Waals surface area contributed by atoms with Gasteiger partial charge in [-0.15, -0.1) is 0 Å². The first-order valence-corrected chi connectivity index (χ1v) is 10.2. The van der Waals surface area contributed by atoms with Crippen LogP contribution < -0.4 is 0 Å². The molecule has 0 amide bonds. The fourth-order valence-corrected chi connectivity index (χ4v) is 3.33. The molecule has 0 aromatic heterocycles. The molecule has 2 rings (SSSR count). The number of halogens is 2. The molecule has 0 unspecified atom stereocenters. The predicted octanol–water partition coefficient (Wildman–Crippen LogP) is 4.14. The van der Waals surface area contributed by atoms with Gasteiger partial charge in [0, 0.05) is 29.0 Å². The molecular formula is C20H20F2O4S. The van der Waals surface area contributed by atoms with E-state index in [0.29, 0.717) is 5.56 Å². The molecule has 0 heterocycles. The van der Waals surface area contributed by atoms with Gasteiger partial charge in [0.15, 0.2) is 9.84 Å². The van der Waals surface area contributed by atoms with Crippen LogP contribution in [0, 0.1) is 11.6 Å². The van der Waals surface area contributed by atoms with Crippen LogP contribution in [0.3, 0.4) is 0 Å². The summed E-state index contributed by atoms with van der Waals surface area (Å²) in [5.41, 5.74) is 0.925. The number of carbonyl (C=O) groups is 1. The number of hydrogen-bond acceptors (Lipinski definition) is 4. The molecule has 144 valence electrons. The normalized spacial score (nSPS) is 12.5. The first-order valence-electron chi connectivity index (χ1n) is 8.35. The average Bonchev–Trinajstić information content (AvgIpc) is 2.60. The minimum atomic E-state index is -3.41. The maximum absolute atomic E-state index is 14.5. The molecule has 2 aromatic carbocycles. The van der Waals surface area contributed by atoms with Crippen LogP contribution in [-0.2, 0) is 19.4 Å². The van der Waals surface area contributed by atoms with Gasteiger partial charge in [-0.1, -0.05) is 19.1 Å². The lowest BCUT2D eigenvalue weighted by Crippen LogP contribution is -2.11. The lowest BCUT2D eigenvalue weighted by Gasteiger charge is -2.16. The smallest absolute Gasteiger partial charge is 0.334 e. The summed E-state index contributed by atoms with van der Waals surface area (Å²) in [4.78, 5) is 12.5. The zero-order valence-corrected chi connectivity index (χ0v) is 16.1. The average molecular weight is 394 g/mol. The molecule has 0 spiro atoms. The third-order valence-corrected chi connectivity index (χ3v) is 5.08. The topological polar surface area (TPSA) is 60.4 Å². The number of sulfone groups is 1. The molecule has 4 nitrogen and oxygen atoms in total. The second kappa shape index (κ2) is 8.43. The van der Waals surface area contributed by atoms with Crippen LogP contribution in [0.5, 0.6) is 0 Å². The van der Waals surface area contributed by atoms with Crippen molar-refractivity contribution in [1.29, 1.82) is 0 Å². The summed E-state index contributed by atoms with van der Waals surface area (Å²) in [5.74, 6) is -2.17. The molecule has 0 saturated carbocycles. The van der Waals surface area contributed by atoms with Crippen molar-refractivity contribution in [3.63, 3.8) is 0 Å². The van der Waals surface area contributed by atoms with Crippen LogP contribution >= 0.6 is 0 Å². The summed E-state index contributed by atoms with van der Waals surface area (Å²) in [7, 11) is -3.41. The third kappa shape index (κ3) is 4.80. The van der Waals surface area contributed by atoms with Crippen LogP contribution in [0.4, 0.5) is 8.78 Å². The molecule has 0 radical (unpaired) electrons. The van der Waals surface area contributed by atoms with Crippen molar-refractivity contribution in [2.75, 3.05) is 12.9 Å². The number of benzene rings is 2. The lowest BCUT2D eigenvalue weighted by atomic mass is 9.91. The number of esters is 1. The molecule has 0 bridgehead atoms. The standard InChI is InChI=1S/C20H20F2O4S/c1-4-16(20(23)26-5-2)19(17-11-8-14(21)12-18(17)22)13-6-9-15(10-7-13)27(3,24)25/h6-12H,4-5H2,1-3H3. The molecule has 2 aromatic rings. The Hall–Kier alpha value is -2.54. The van der Waals surface area contributed by atoms with Gasteiger partial charge in [-0.25, -0.2) is 22.0 Å². The molecule has 27 heavy (non-hydrogen) atoms. The largest absolute Gasteiger partial charge is 0.463 e. The molecule has 0 N–H and O–H groups in total. The molecule has 0 atom stereocenters. The highest BCUT2D eigenvalue weighted by Crippen LogP contribution is 2.32. The maximum Gasteiger partial charge on any atom is 0.334 e. The highest BCUT2D eigenvalue weighted by atomic mass is 32.2. The highest BCUT2D eigenvalue weighted by Gasteiger charge is 2.21. The first kappa shape index (κ1) is 20.8. The molecule has 0 aliphatic heterocycles. The zero-order valence-electron chi connectivity index (χ0n) is 15.3. The second-order valence-electron chi connectivity index (χ2n) is 5.85. The van der Waals surface area contributed by atoms with Crippen LogP contribution in [0.1, 0.15) is 31.4 Å². The molecule has 7 heteroatoms. The van der Waals surface area contributed by atoms with E-state index >= 15 is 0 Å². The van der Waals surface area contributed by atoms with Crippen molar-refractivity contribution in [1.82, 2.24) is 0 Å². The number of rotatable bonds is 6. The van der Waals surface area contributed by atoms with E-state index in [9.17, 15) is 22.0 Å². The van der Waals surface area contributed by atoms with E-state index in [4.69, 9.17) is 4.74 Å². The minimum absolute atomic E-state index is 0.0356. The Kier molecular flexibility index (Phi) is 6.49. The van der Waals surface area contributed by atoms with Crippen LogP contribution in [-0.4, -0.2) is 27.2 Å². The van der Waals surface area contributed by atoms with E-state index < -0.39 is 27.4 Å². The first-order chi connectivity index (χ1) is 12.7. The van der Waals surface area contributed by atoms with E-state index in [2.05, 4.69) is 0 Å². The fraction of sp³-hybridized carbons (Fsp3) is 0.250. The molecular weight excluding hydrogens is 374 g/mol. The Morgan fingerprint density at radius 2 is 1.67 bits per heavy atom. The van der Waals surface area contributed by atoms with Crippen molar-refractivity contribution in [2.45, 2.75) is 25.2 Å². The van der Waals surface area contributed by atoms with Crippen LogP contribution in [0.25, 0.3) is 5.57 Å². The SMILES string of the molecule is CCOC(=O)C(CC)=C(c1ccc(S(C)(=O)=O)cc1)c1ccc(F)cc1F. The summed E-state index contributed by atoms with van der Waals surface area (Å²) in [5, 5.41) is 0. The van der Waals surface area contributed by atoms with E-state index in [-0.39, 0.29) is 34.6 Å². The monoisotopic (exact) mass is 394 g/mol. The minimum Gasteiger partial charge on any atom is -0.463 e. The zero-order chi connectivity index (χ0) is 20.2. The van der Waals surface area contributed by atoms with E-state index in [1.807, 2.05) is 0 Å². The third-order valence-electron chi connectivity index (χ3n) is 3.95. The van der Waals surface area contributed by atoms with Gasteiger partial charge in [-0.2, -0.15) is 0 Å². The Bertz CT molecular complexity index is 978. The number of carbonyl (C=O) groups excluding carboxylic acids is 1. The summed E-state index contributed by atoms with van der Waals surface area (Å²) in [6.45, 7) is 3.53. The van der Waals surface area contributed by atoms with Crippen molar-refractivity contribution in [3.05, 3.63) is 70.8 Å². The Morgan fingerprint density at radius 3 is 2.15 bits per heavy atom. The van der Waals surface area contributed by atoms with Gasteiger partial charge in [0.1, 0.15) is 11.6 Å². The summed E-state index contributed by atoms with van der Waals surface area (Å²) in [6.07, 6.45) is 1.33. The fourth-order valence-electron chi connectivity index (χ4n) is 2.69. The van der Waals surface area contributed by atoms with Crippen LogP contribution in [0.15, 0.2) is 52.9 Å². The summed E-state index contributed by atoms with van der Waals surface area (Å²) < 4.78 is 56.2. The van der Waals surface area contributed by atoms with Crippen molar-refractivity contribution >= 4 is 21.4 Å². The van der Waals surface area contributed by atoms with Crippen molar-refractivity contribution in [2.24, 2.45) is 0 Å².